The fraction of sp³-hybridized carbons (Fsp3) is 0.533. The summed E-state index contributed by atoms with van der Waals surface area (Å²) in [5, 5.41) is 0. The van der Waals surface area contributed by atoms with E-state index in [0.29, 0.717) is 5.92 Å². The van der Waals surface area contributed by atoms with Crippen molar-refractivity contribution in [1.29, 1.82) is 0 Å². The summed E-state index contributed by atoms with van der Waals surface area (Å²) in [7, 11) is 2.10. The number of rotatable bonds is 2. The van der Waals surface area contributed by atoms with Crippen LogP contribution in [0.5, 0.6) is 0 Å². The number of aryl methyl sites for hydroxylation is 1. The molecule has 102 valence electrons. The van der Waals surface area contributed by atoms with Crippen LogP contribution in [0.4, 0.5) is 5.95 Å². The molecule has 1 fully saturated rings. The van der Waals surface area contributed by atoms with Gasteiger partial charge in [0.1, 0.15) is 0 Å². The predicted octanol–water partition coefficient (Wildman–Crippen LogP) is 2.14. The molecule has 19 heavy (non-hydrogen) atoms. The Morgan fingerprint density at radius 3 is 2.89 bits per heavy atom. The average molecular weight is 258 g/mol. The van der Waals surface area contributed by atoms with Crippen LogP contribution in [0, 0.1) is 5.92 Å². The molecule has 0 radical (unpaired) electrons. The molecule has 2 atom stereocenters. The molecule has 1 saturated heterocycles. The molecular weight excluding hydrogens is 236 g/mol. The zero-order valence-electron chi connectivity index (χ0n) is 11.7. The molecule has 0 saturated carbocycles. The summed E-state index contributed by atoms with van der Waals surface area (Å²) in [5.74, 6) is 1.65. The first-order chi connectivity index (χ1) is 9.16. The molecule has 4 heteroatoms. The maximum absolute atomic E-state index is 6.07. The normalized spacial score (nSPS) is 21.8. The van der Waals surface area contributed by atoms with Crippen LogP contribution in [-0.2, 0) is 7.05 Å². The predicted molar refractivity (Wildman–Crippen MR) is 79.3 cm³/mol. The van der Waals surface area contributed by atoms with Crippen molar-refractivity contribution >= 4 is 17.0 Å². The van der Waals surface area contributed by atoms with Crippen LogP contribution in [0.2, 0.25) is 0 Å². The Morgan fingerprint density at radius 1 is 1.37 bits per heavy atom. The zero-order valence-corrected chi connectivity index (χ0v) is 11.7. The first kappa shape index (κ1) is 12.5. The molecule has 1 aromatic carbocycles. The number of anilines is 1. The van der Waals surface area contributed by atoms with Gasteiger partial charge in [0.25, 0.3) is 0 Å². The molecule has 1 aliphatic rings. The van der Waals surface area contributed by atoms with Crippen molar-refractivity contribution < 1.29 is 0 Å². The van der Waals surface area contributed by atoms with Crippen LogP contribution in [0.15, 0.2) is 24.3 Å². The number of nitrogens with two attached hydrogens (primary N) is 1. The van der Waals surface area contributed by atoms with Gasteiger partial charge in [-0.05, 0) is 37.8 Å². The Balaban J connectivity index is 1.93. The molecular formula is C15H22N4. The van der Waals surface area contributed by atoms with Gasteiger partial charge in [-0.3, -0.25) is 0 Å². The van der Waals surface area contributed by atoms with Gasteiger partial charge < -0.3 is 15.2 Å². The molecule has 3 rings (SSSR count). The minimum Gasteiger partial charge on any atom is -0.342 e. The molecule has 2 unspecified atom stereocenters. The van der Waals surface area contributed by atoms with Crippen LogP contribution in [0.25, 0.3) is 11.0 Å². The third-order valence-electron chi connectivity index (χ3n) is 4.25. The number of para-hydroxylation sites is 2. The second-order valence-electron chi connectivity index (χ2n) is 5.67. The molecule has 2 aromatic rings. The number of nitrogens with zero attached hydrogens (tertiary/aromatic N) is 3. The van der Waals surface area contributed by atoms with Gasteiger partial charge in [0, 0.05) is 26.2 Å². The second kappa shape index (κ2) is 4.85. The smallest absolute Gasteiger partial charge is 0.206 e. The largest absolute Gasteiger partial charge is 0.342 e. The Kier molecular flexibility index (Phi) is 3.19. The molecule has 0 spiro atoms. The Bertz CT molecular complexity index is 573. The lowest BCUT2D eigenvalue weighted by molar-refractivity contribution is 0.361. The van der Waals surface area contributed by atoms with E-state index in [1.54, 1.807) is 0 Å². The number of aromatic nitrogens is 2. The highest BCUT2D eigenvalue weighted by atomic mass is 15.3. The fourth-order valence-corrected chi connectivity index (χ4v) is 3.04. The highest BCUT2D eigenvalue weighted by molar-refractivity contribution is 5.78. The van der Waals surface area contributed by atoms with Crippen LogP contribution in [-0.4, -0.2) is 28.7 Å². The van der Waals surface area contributed by atoms with E-state index in [-0.39, 0.29) is 6.04 Å². The fourth-order valence-electron chi connectivity index (χ4n) is 3.04. The zero-order chi connectivity index (χ0) is 13.4. The van der Waals surface area contributed by atoms with Crippen molar-refractivity contribution in [2.24, 2.45) is 18.7 Å². The Labute approximate surface area is 114 Å². The Morgan fingerprint density at radius 2 is 2.16 bits per heavy atom. The van der Waals surface area contributed by atoms with Gasteiger partial charge in [-0.25, -0.2) is 4.98 Å². The molecule has 0 amide bonds. The summed E-state index contributed by atoms with van der Waals surface area (Å²) in [5.41, 5.74) is 8.33. The average Bonchev–Trinajstić information content (AvgIpc) is 2.77. The van der Waals surface area contributed by atoms with E-state index in [1.807, 2.05) is 6.07 Å². The molecule has 1 aromatic heterocycles. The summed E-state index contributed by atoms with van der Waals surface area (Å²) in [4.78, 5) is 7.16. The third kappa shape index (κ3) is 2.21. The lowest BCUT2D eigenvalue weighted by Crippen LogP contribution is -2.43. The Hall–Kier alpha value is -1.55. The minimum absolute atomic E-state index is 0.262. The van der Waals surface area contributed by atoms with E-state index in [2.05, 4.69) is 41.6 Å². The first-order valence-electron chi connectivity index (χ1n) is 7.09. The minimum atomic E-state index is 0.262. The van der Waals surface area contributed by atoms with Gasteiger partial charge in [0.05, 0.1) is 11.0 Å². The monoisotopic (exact) mass is 258 g/mol. The van der Waals surface area contributed by atoms with Gasteiger partial charge in [-0.15, -0.1) is 0 Å². The SMILES string of the molecule is CC(N)C1CCCN(c2nc3ccccc3n2C)C1. The standard InChI is InChI=1S/C15H22N4/c1-11(16)12-6-5-9-19(10-12)15-17-13-7-3-4-8-14(13)18(15)2/h3-4,7-8,11-12H,5-6,9-10,16H2,1-2H3. The number of imidazole rings is 1. The van der Waals surface area contributed by atoms with Crippen molar-refractivity contribution in [3.05, 3.63) is 24.3 Å². The quantitative estimate of drug-likeness (QED) is 0.897. The molecule has 0 aliphatic carbocycles. The van der Waals surface area contributed by atoms with Gasteiger partial charge in [0.15, 0.2) is 0 Å². The molecule has 0 bridgehead atoms. The van der Waals surface area contributed by atoms with E-state index in [9.17, 15) is 0 Å². The number of piperidine rings is 1. The topological polar surface area (TPSA) is 47.1 Å². The van der Waals surface area contributed by atoms with E-state index in [0.717, 1.165) is 24.6 Å². The summed E-state index contributed by atoms with van der Waals surface area (Å²) < 4.78 is 2.19. The van der Waals surface area contributed by atoms with E-state index >= 15 is 0 Å². The van der Waals surface area contributed by atoms with Crippen molar-refractivity contribution in [2.75, 3.05) is 18.0 Å². The van der Waals surface area contributed by atoms with Crippen molar-refractivity contribution in [1.82, 2.24) is 9.55 Å². The van der Waals surface area contributed by atoms with Gasteiger partial charge in [-0.2, -0.15) is 0 Å². The third-order valence-corrected chi connectivity index (χ3v) is 4.25. The van der Waals surface area contributed by atoms with Crippen LogP contribution >= 0.6 is 0 Å². The summed E-state index contributed by atoms with van der Waals surface area (Å²) in [6, 6.07) is 8.57. The molecule has 1 aliphatic heterocycles. The molecule has 4 nitrogen and oxygen atoms in total. The summed E-state index contributed by atoms with van der Waals surface area (Å²) >= 11 is 0. The van der Waals surface area contributed by atoms with E-state index in [1.165, 1.54) is 18.4 Å². The van der Waals surface area contributed by atoms with E-state index < -0.39 is 0 Å². The lowest BCUT2D eigenvalue weighted by Gasteiger charge is -2.35. The van der Waals surface area contributed by atoms with Gasteiger partial charge in [0.2, 0.25) is 5.95 Å². The highest BCUT2D eigenvalue weighted by Gasteiger charge is 2.25. The molecule has 2 N–H and O–H groups in total. The number of fused-ring (bicyclic) bond motifs is 1. The highest BCUT2D eigenvalue weighted by Crippen LogP contribution is 2.26. The summed E-state index contributed by atoms with van der Waals surface area (Å²) in [6.07, 6.45) is 2.44. The number of hydrogen-bond acceptors (Lipinski definition) is 3. The first-order valence-corrected chi connectivity index (χ1v) is 7.09. The number of benzene rings is 1. The second-order valence-corrected chi connectivity index (χ2v) is 5.67. The van der Waals surface area contributed by atoms with Crippen molar-refractivity contribution in [3.8, 4) is 0 Å². The van der Waals surface area contributed by atoms with Gasteiger partial charge in [-0.1, -0.05) is 12.1 Å². The summed E-state index contributed by atoms with van der Waals surface area (Å²) in [6.45, 7) is 4.22. The van der Waals surface area contributed by atoms with Crippen molar-refractivity contribution in [3.63, 3.8) is 0 Å². The lowest BCUT2D eigenvalue weighted by atomic mass is 9.92. The maximum Gasteiger partial charge on any atom is 0.206 e. The van der Waals surface area contributed by atoms with Crippen LogP contribution in [0.3, 0.4) is 0 Å². The van der Waals surface area contributed by atoms with Crippen LogP contribution in [0.1, 0.15) is 19.8 Å². The molecule has 2 heterocycles. The van der Waals surface area contributed by atoms with Gasteiger partial charge >= 0.3 is 0 Å². The van der Waals surface area contributed by atoms with E-state index in [4.69, 9.17) is 10.7 Å². The van der Waals surface area contributed by atoms with Crippen LogP contribution < -0.4 is 10.6 Å². The number of hydrogen-bond donors (Lipinski definition) is 1. The van der Waals surface area contributed by atoms with Crippen molar-refractivity contribution in [2.45, 2.75) is 25.8 Å². The maximum atomic E-state index is 6.07.